The monoisotopic (exact) mass is 652 g/mol. The smallest absolute Gasteiger partial charge is 0.363 e. The number of hydrogen-bond acceptors (Lipinski definition) is 6. The van der Waals surface area contributed by atoms with Gasteiger partial charge >= 0.3 is 5.97 Å². The van der Waals surface area contributed by atoms with Gasteiger partial charge in [0.05, 0.1) is 12.1 Å². The van der Waals surface area contributed by atoms with Gasteiger partial charge in [0.2, 0.25) is 5.90 Å². The fraction of sp³-hybridized carbons (Fsp3) is 0.0435. The van der Waals surface area contributed by atoms with Crippen LogP contribution >= 0.6 is 45.2 Å². The number of benzene rings is 3. The highest BCUT2D eigenvalue weighted by molar-refractivity contribution is 14.1. The molecule has 0 fully saturated rings. The second kappa shape index (κ2) is 9.77. The van der Waals surface area contributed by atoms with Crippen molar-refractivity contribution in [1.82, 2.24) is 0 Å². The second-order valence-electron chi connectivity index (χ2n) is 6.73. The van der Waals surface area contributed by atoms with E-state index in [-0.39, 0.29) is 23.9 Å². The summed E-state index contributed by atoms with van der Waals surface area (Å²) >= 11 is 4.35. The van der Waals surface area contributed by atoms with Crippen molar-refractivity contribution < 1.29 is 19.2 Å². The van der Waals surface area contributed by atoms with Crippen LogP contribution in [0.5, 0.6) is 5.75 Å². The third-order valence-corrected chi connectivity index (χ3v) is 6.10. The minimum Gasteiger partial charge on any atom is -0.487 e. The van der Waals surface area contributed by atoms with Crippen LogP contribution in [0.2, 0.25) is 0 Å². The number of nitro groups is 1. The first-order chi connectivity index (χ1) is 15.4. The first-order valence-electron chi connectivity index (χ1n) is 9.34. The van der Waals surface area contributed by atoms with Crippen molar-refractivity contribution in [3.8, 4) is 5.75 Å². The normalized spacial score (nSPS) is 14.2. The molecule has 1 heterocycles. The SMILES string of the molecule is O=C1OC(c2ccccc2)=N/C1=C\c1cc(I)c(OCc2ccc([N+](=O)[O-])cc2)c(I)c1. The lowest BCUT2D eigenvalue weighted by Gasteiger charge is -2.11. The van der Waals surface area contributed by atoms with Crippen LogP contribution in [0, 0.1) is 17.3 Å². The molecule has 0 aliphatic carbocycles. The molecule has 0 aromatic heterocycles. The summed E-state index contributed by atoms with van der Waals surface area (Å²) in [5.74, 6) is 0.496. The Labute approximate surface area is 210 Å². The summed E-state index contributed by atoms with van der Waals surface area (Å²) in [7, 11) is 0. The summed E-state index contributed by atoms with van der Waals surface area (Å²) in [5, 5.41) is 10.8. The van der Waals surface area contributed by atoms with E-state index < -0.39 is 10.9 Å². The van der Waals surface area contributed by atoms with Crippen molar-refractivity contribution >= 4 is 68.8 Å². The first kappa shape index (κ1) is 22.4. The lowest BCUT2D eigenvalue weighted by molar-refractivity contribution is -0.384. The van der Waals surface area contributed by atoms with Gasteiger partial charge in [-0.15, -0.1) is 0 Å². The van der Waals surface area contributed by atoms with Crippen LogP contribution in [-0.2, 0) is 16.1 Å². The third-order valence-electron chi connectivity index (χ3n) is 4.50. The number of cyclic esters (lactones) is 1. The minimum absolute atomic E-state index is 0.0406. The Bertz CT molecular complexity index is 1230. The number of carbonyl (C=O) groups excluding carboxylic acids is 1. The van der Waals surface area contributed by atoms with Gasteiger partial charge in [-0.2, -0.15) is 0 Å². The van der Waals surface area contributed by atoms with Gasteiger partial charge in [-0.1, -0.05) is 18.2 Å². The molecule has 0 spiro atoms. The highest BCUT2D eigenvalue weighted by atomic mass is 127. The molecular formula is C23H14I2N2O5. The molecule has 0 amide bonds. The quantitative estimate of drug-likeness (QED) is 0.112. The van der Waals surface area contributed by atoms with Crippen LogP contribution in [0.15, 0.2) is 77.4 Å². The van der Waals surface area contributed by atoms with Crippen molar-refractivity contribution in [3.63, 3.8) is 0 Å². The number of nitro benzene ring substituents is 1. The Morgan fingerprint density at radius 2 is 1.69 bits per heavy atom. The Morgan fingerprint density at radius 3 is 2.31 bits per heavy atom. The van der Waals surface area contributed by atoms with E-state index in [4.69, 9.17) is 9.47 Å². The van der Waals surface area contributed by atoms with Crippen molar-refractivity contribution in [2.24, 2.45) is 4.99 Å². The number of carbonyl (C=O) groups is 1. The number of aliphatic imine (C=N–C) groups is 1. The molecule has 1 aliphatic rings. The van der Waals surface area contributed by atoms with Crippen molar-refractivity contribution in [1.29, 1.82) is 0 Å². The Hall–Kier alpha value is -2.80. The highest BCUT2D eigenvalue weighted by Crippen LogP contribution is 2.31. The topological polar surface area (TPSA) is 91.0 Å². The van der Waals surface area contributed by atoms with Gasteiger partial charge < -0.3 is 9.47 Å². The van der Waals surface area contributed by atoms with Crippen LogP contribution in [0.4, 0.5) is 5.69 Å². The van der Waals surface area contributed by atoms with Gasteiger partial charge in [-0.05, 0) is 98.8 Å². The van der Waals surface area contributed by atoms with Crippen molar-refractivity contribution in [2.75, 3.05) is 0 Å². The lowest BCUT2D eigenvalue weighted by atomic mass is 10.2. The van der Waals surface area contributed by atoms with E-state index in [0.717, 1.165) is 23.8 Å². The van der Waals surface area contributed by atoms with E-state index in [0.29, 0.717) is 5.75 Å². The average molecular weight is 652 g/mol. The van der Waals surface area contributed by atoms with Crippen LogP contribution < -0.4 is 4.74 Å². The zero-order valence-corrected chi connectivity index (χ0v) is 20.6. The van der Waals surface area contributed by atoms with Gasteiger partial charge in [0.25, 0.3) is 5.69 Å². The molecule has 7 nitrogen and oxygen atoms in total. The fourth-order valence-corrected chi connectivity index (χ4v) is 5.07. The number of rotatable bonds is 6. The molecule has 9 heteroatoms. The number of hydrogen-bond donors (Lipinski definition) is 0. The largest absolute Gasteiger partial charge is 0.487 e. The number of halogens is 2. The summed E-state index contributed by atoms with van der Waals surface area (Å²) < 4.78 is 13.0. The van der Waals surface area contributed by atoms with Gasteiger partial charge in [-0.3, -0.25) is 10.1 Å². The Kier molecular flexibility index (Phi) is 6.84. The second-order valence-corrected chi connectivity index (χ2v) is 9.05. The average Bonchev–Trinajstić information content (AvgIpc) is 3.14. The zero-order valence-electron chi connectivity index (χ0n) is 16.3. The molecule has 0 saturated heterocycles. The maximum Gasteiger partial charge on any atom is 0.363 e. The van der Waals surface area contributed by atoms with Crippen LogP contribution in [0.1, 0.15) is 16.7 Å². The summed E-state index contributed by atoms with van der Waals surface area (Å²) in [5.41, 5.74) is 2.63. The lowest BCUT2D eigenvalue weighted by Crippen LogP contribution is -2.05. The molecule has 32 heavy (non-hydrogen) atoms. The van der Waals surface area contributed by atoms with Gasteiger partial charge in [-0.25, -0.2) is 9.79 Å². The molecule has 4 rings (SSSR count). The van der Waals surface area contributed by atoms with Crippen molar-refractivity contribution in [3.05, 3.63) is 106 Å². The number of nitrogens with zero attached hydrogens (tertiary/aromatic N) is 2. The first-order valence-corrected chi connectivity index (χ1v) is 11.5. The summed E-state index contributed by atoms with van der Waals surface area (Å²) in [6, 6.07) is 19.3. The van der Waals surface area contributed by atoms with Gasteiger partial charge in [0.15, 0.2) is 5.70 Å². The van der Waals surface area contributed by atoms with E-state index in [1.54, 1.807) is 18.2 Å². The van der Waals surface area contributed by atoms with Crippen LogP contribution in [-0.4, -0.2) is 16.8 Å². The molecule has 0 bridgehead atoms. The predicted molar refractivity (Wildman–Crippen MR) is 136 cm³/mol. The zero-order chi connectivity index (χ0) is 22.7. The number of esters is 1. The molecule has 0 atom stereocenters. The molecule has 0 saturated carbocycles. The number of ether oxygens (including phenoxy) is 2. The van der Waals surface area contributed by atoms with E-state index >= 15 is 0 Å². The van der Waals surface area contributed by atoms with E-state index in [1.165, 1.54) is 12.1 Å². The standard InChI is InChI=1S/C23H14I2N2O5/c24-18-10-15(12-20-23(28)32-22(26-20)16-4-2-1-3-5-16)11-19(25)21(18)31-13-14-6-8-17(9-7-14)27(29)30/h1-12H,13H2/b20-12-. The molecule has 3 aromatic rings. The molecule has 0 N–H and O–H groups in total. The van der Waals surface area contributed by atoms with E-state index in [1.807, 2.05) is 42.5 Å². The fourth-order valence-electron chi connectivity index (χ4n) is 2.94. The molecule has 1 aliphatic heterocycles. The van der Waals surface area contributed by atoms with Crippen molar-refractivity contribution in [2.45, 2.75) is 6.61 Å². The third kappa shape index (κ3) is 5.15. The van der Waals surface area contributed by atoms with Gasteiger partial charge in [0.1, 0.15) is 12.4 Å². The summed E-state index contributed by atoms with van der Waals surface area (Å²) in [4.78, 5) is 26.9. The Balaban J connectivity index is 1.52. The molecule has 160 valence electrons. The highest BCUT2D eigenvalue weighted by Gasteiger charge is 2.24. The molecular weight excluding hydrogens is 638 g/mol. The van der Waals surface area contributed by atoms with Crippen LogP contribution in [0.3, 0.4) is 0 Å². The maximum absolute atomic E-state index is 12.2. The van der Waals surface area contributed by atoms with Gasteiger partial charge in [0, 0.05) is 17.7 Å². The van der Waals surface area contributed by atoms with E-state index in [9.17, 15) is 14.9 Å². The van der Waals surface area contributed by atoms with E-state index in [2.05, 4.69) is 50.2 Å². The maximum atomic E-state index is 12.2. The predicted octanol–water partition coefficient (Wildman–Crippen LogP) is 5.73. The molecule has 0 unspecified atom stereocenters. The Morgan fingerprint density at radius 1 is 1.03 bits per heavy atom. The molecule has 0 radical (unpaired) electrons. The number of non-ortho nitro benzene ring substituents is 1. The summed E-state index contributed by atoms with van der Waals surface area (Å²) in [6.07, 6.45) is 1.68. The molecule has 3 aromatic carbocycles. The minimum atomic E-state index is -0.493. The summed E-state index contributed by atoms with van der Waals surface area (Å²) in [6.45, 7) is 0.279. The van der Waals surface area contributed by atoms with Crippen LogP contribution in [0.25, 0.3) is 6.08 Å².